The third-order valence-electron chi connectivity index (χ3n) is 1.59. The maximum atomic E-state index is 10.6. The molecule has 1 rings (SSSR count). The predicted molar refractivity (Wildman–Crippen MR) is 57.5 cm³/mol. The molecule has 72 valence electrons. The molecule has 0 aliphatic rings. The van der Waals surface area contributed by atoms with E-state index in [2.05, 4.69) is 15.9 Å². The zero-order chi connectivity index (χ0) is 10.0. The summed E-state index contributed by atoms with van der Waals surface area (Å²) in [7, 11) is 0. The number of thiophene rings is 1. The number of amides is 1. The maximum absolute atomic E-state index is 10.6. The summed E-state index contributed by atoms with van der Waals surface area (Å²) in [6.45, 7) is 2.00. The van der Waals surface area contributed by atoms with Crippen LogP contribution in [0.5, 0.6) is 0 Å². The number of hydrogen-bond acceptors (Lipinski definition) is 3. The van der Waals surface area contributed by atoms with Gasteiger partial charge in [-0.25, -0.2) is 0 Å². The Bertz CT molecular complexity index is 324. The zero-order valence-corrected chi connectivity index (χ0v) is 9.61. The molecule has 1 aromatic heterocycles. The van der Waals surface area contributed by atoms with Crippen molar-refractivity contribution < 1.29 is 4.79 Å². The number of nitrogens with two attached hydrogens (primary N) is 2. The van der Waals surface area contributed by atoms with Crippen LogP contribution in [0.1, 0.15) is 22.2 Å². The monoisotopic (exact) mass is 262 g/mol. The average molecular weight is 263 g/mol. The molecule has 1 unspecified atom stereocenters. The van der Waals surface area contributed by atoms with E-state index in [0.29, 0.717) is 0 Å². The fourth-order valence-electron chi connectivity index (χ4n) is 1.06. The van der Waals surface area contributed by atoms with Crippen LogP contribution in [-0.4, -0.2) is 5.91 Å². The topological polar surface area (TPSA) is 69.1 Å². The van der Waals surface area contributed by atoms with Crippen LogP contribution in [-0.2, 0) is 4.79 Å². The SMILES string of the molecule is Cc1cc(Br)c(C(N)CC(N)=O)s1. The van der Waals surface area contributed by atoms with E-state index in [1.807, 2.05) is 13.0 Å². The lowest BCUT2D eigenvalue weighted by atomic mass is 10.2. The van der Waals surface area contributed by atoms with Gasteiger partial charge in [-0.05, 0) is 28.9 Å². The number of carbonyl (C=O) groups excluding carboxylic acids is 1. The Kier molecular flexibility index (Phi) is 3.47. The van der Waals surface area contributed by atoms with Crippen molar-refractivity contribution in [3.8, 4) is 0 Å². The second-order valence-electron chi connectivity index (χ2n) is 2.85. The van der Waals surface area contributed by atoms with Gasteiger partial charge in [-0.3, -0.25) is 4.79 Å². The molecule has 13 heavy (non-hydrogen) atoms. The van der Waals surface area contributed by atoms with Gasteiger partial charge >= 0.3 is 0 Å². The first kappa shape index (κ1) is 10.7. The van der Waals surface area contributed by atoms with Crippen LogP contribution < -0.4 is 11.5 Å². The molecule has 0 aliphatic carbocycles. The summed E-state index contributed by atoms with van der Waals surface area (Å²) in [6, 6.07) is 1.70. The van der Waals surface area contributed by atoms with Gasteiger partial charge in [-0.1, -0.05) is 0 Å². The summed E-state index contributed by atoms with van der Waals surface area (Å²) in [5.41, 5.74) is 10.8. The van der Waals surface area contributed by atoms with Crippen LogP contribution in [0.2, 0.25) is 0 Å². The number of carbonyl (C=O) groups is 1. The maximum Gasteiger partial charge on any atom is 0.219 e. The fourth-order valence-corrected chi connectivity index (χ4v) is 3.01. The van der Waals surface area contributed by atoms with Crippen molar-refractivity contribution in [2.75, 3.05) is 0 Å². The van der Waals surface area contributed by atoms with E-state index in [4.69, 9.17) is 11.5 Å². The predicted octanol–water partition coefficient (Wildman–Crippen LogP) is 1.69. The normalized spacial score (nSPS) is 12.8. The van der Waals surface area contributed by atoms with Crippen LogP contribution >= 0.6 is 27.3 Å². The van der Waals surface area contributed by atoms with Crippen molar-refractivity contribution in [3.05, 3.63) is 20.3 Å². The lowest BCUT2D eigenvalue weighted by molar-refractivity contribution is -0.118. The number of aryl methyl sites for hydroxylation is 1. The molecule has 0 radical (unpaired) electrons. The number of primary amides is 1. The Labute approximate surface area is 89.2 Å². The van der Waals surface area contributed by atoms with Gasteiger partial charge in [0.2, 0.25) is 5.91 Å². The summed E-state index contributed by atoms with van der Waals surface area (Å²) in [5, 5.41) is 0. The summed E-state index contributed by atoms with van der Waals surface area (Å²) in [4.78, 5) is 12.8. The lowest BCUT2D eigenvalue weighted by Gasteiger charge is -2.06. The van der Waals surface area contributed by atoms with E-state index in [9.17, 15) is 4.79 Å². The largest absolute Gasteiger partial charge is 0.370 e. The standard InChI is InChI=1S/C8H11BrN2OS/c1-4-2-5(9)8(13-4)6(10)3-7(11)12/h2,6H,3,10H2,1H3,(H2,11,12). The van der Waals surface area contributed by atoms with Crippen molar-refractivity contribution in [2.45, 2.75) is 19.4 Å². The quantitative estimate of drug-likeness (QED) is 0.871. The average Bonchev–Trinajstić information content (AvgIpc) is 2.28. The first-order valence-electron chi connectivity index (χ1n) is 3.80. The van der Waals surface area contributed by atoms with Gasteiger partial charge in [0, 0.05) is 26.7 Å². The minimum atomic E-state index is -0.370. The van der Waals surface area contributed by atoms with E-state index < -0.39 is 0 Å². The Balaban J connectivity index is 2.81. The van der Waals surface area contributed by atoms with Crippen LogP contribution in [0.15, 0.2) is 10.5 Å². The smallest absolute Gasteiger partial charge is 0.219 e. The molecule has 1 aromatic rings. The van der Waals surface area contributed by atoms with Crippen LogP contribution in [0.4, 0.5) is 0 Å². The lowest BCUT2D eigenvalue weighted by Crippen LogP contribution is -2.20. The molecular formula is C8H11BrN2OS. The molecule has 1 amide bonds. The summed E-state index contributed by atoms with van der Waals surface area (Å²) < 4.78 is 0.962. The van der Waals surface area contributed by atoms with Crippen molar-refractivity contribution in [1.29, 1.82) is 0 Å². The van der Waals surface area contributed by atoms with Gasteiger partial charge < -0.3 is 11.5 Å². The van der Waals surface area contributed by atoms with Gasteiger partial charge in [0.1, 0.15) is 0 Å². The third-order valence-corrected chi connectivity index (χ3v) is 3.70. The second-order valence-corrected chi connectivity index (χ2v) is 4.99. The molecule has 0 aliphatic heterocycles. The number of halogens is 1. The van der Waals surface area contributed by atoms with Gasteiger partial charge in [0.05, 0.1) is 0 Å². The molecule has 5 heteroatoms. The molecule has 0 saturated carbocycles. The number of hydrogen-bond donors (Lipinski definition) is 2. The molecule has 0 fully saturated rings. The summed E-state index contributed by atoms with van der Waals surface area (Å²) in [5.74, 6) is -0.370. The molecule has 0 aromatic carbocycles. The Morgan fingerprint density at radius 3 is 2.77 bits per heavy atom. The van der Waals surface area contributed by atoms with E-state index in [1.54, 1.807) is 11.3 Å². The van der Waals surface area contributed by atoms with Crippen LogP contribution in [0.25, 0.3) is 0 Å². The summed E-state index contributed by atoms with van der Waals surface area (Å²) in [6.07, 6.45) is 0.193. The first-order chi connectivity index (χ1) is 6.00. The molecule has 1 heterocycles. The van der Waals surface area contributed by atoms with Gasteiger partial charge in [-0.2, -0.15) is 0 Å². The Morgan fingerprint density at radius 1 is 1.77 bits per heavy atom. The minimum Gasteiger partial charge on any atom is -0.370 e. The Morgan fingerprint density at radius 2 is 2.38 bits per heavy atom. The molecule has 4 N–H and O–H groups in total. The fraction of sp³-hybridized carbons (Fsp3) is 0.375. The highest BCUT2D eigenvalue weighted by Gasteiger charge is 2.14. The molecule has 1 atom stereocenters. The Hall–Kier alpha value is -0.390. The third kappa shape index (κ3) is 2.79. The van der Waals surface area contributed by atoms with Gasteiger partial charge in [0.15, 0.2) is 0 Å². The van der Waals surface area contributed by atoms with Gasteiger partial charge in [-0.15, -0.1) is 11.3 Å². The van der Waals surface area contributed by atoms with Crippen LogP contribution in [0, 0.1) is 6.92 Å². The first-order valence-corrected chi connectivity index (χ1v) is 5.41. The highest BCUT2D eigenvalue weighted by molar-refractivity contribution is 9.10. The molecule has 0 bridgehead atoms. The zero-order valence-electron chi connectivity index (χ0n) is 7.21. The highest BCUT2D eigenvalue weighted by atomic mass is 79.9. The van der Waals surface area contributed by atoms with E-state index >= 15 is 0 Å². The van der Waals surface area contributed by atoms with Gasteiger partial charge in [0.25, 0.3) is 0 Å². The number of rotatable bonds is 3. The summed E-state index contributed by atoms with van der Waals surface area (Å²) >= 11 is 4.97. The van der Waals surface area contributed by atoms with Crippen molar-refractivity contribution in [2.24, 2.45) is 11.5 Å². The van der Waals surface area contributed by atoms with E-state index in [1.165, 1.54) is 4.88 Å². The molecule has 3 nitrogen and oxygen atoms in total. The van der Waals surface area contributed by atoms with Crippen molar-refractivity contribution >= 4 is 33.2 Å². The van der Waals surface area contributed by atoms with E-state index in [-0.39, 0.29) is 18.4 Å². The van der Waals surface area contributed by atoms with Crippen molar-refractivity contribution in [1.82, 2.24) is 0 Å². The van der Waals surface area contributed by atoms with Crippen LogP contribution in [0.3, 0.4) is 0 Å². The second kappa shape index (κ2) is 4.21. The molecule has 0 spiro atoms. The minimum absolute atomic E-state index is 0.193. The highest BCUT2D eigenvalue weighted by Crippen LogP contribution is 2.32. The molecule has 0 saturated heterocycles. The molecular weight excluding hydrogens is 252 g/mol. The van der Waals surface area contributed by atoms with E-state index in [0.717, 1.165) is 9.35 Å². The van der Waals surface area contributed by atoms with Crippen molar-refractivity contribution in [3.63, 3.8) is 0 Å².